The highest BCUT2D eigenvalue weighted by Crippen LogP contribution is 2.37. The molecule has 21 heavy (non-hydrogen) atoms. The molecule has 0 aromatic heterocycles. The van der Waals surface area contributed by atoms with E-state index in [9.17, 15) is 8.42 Å². The van der Waals surface area contributed by atoms with Gasteiger partial charge >= 0.3 is 0 Å². The lowest BCUT2D eigenvalue weighted by Gasteiger charge is -2.17. The van der Waals surface area contributed by atoms with Gasteiger partial charge in [-0.15, -0.1) is 0 Å². The Morgan fingerprint density at radius 2 is 2.29 bits per heavy atom. The molecule has 1 atom stereocenters. The summed E-state index contributed by atoms with van der Waals surface area (Å²) in [6.45, 7) is 1.87. The van der Waals surface area contributed by atoms with Crippen LogP contribution in [0.5, 0.6) is 0 Å². The van der Waals surface area contributed by atoms with Crippen molar-refractivity contribution in [3.8, 4) is 0 Å². The van der Waals surface area contributed by atoms with E-state index in [2.05, 4.69) is 18.6 Å². The van der Waals surface area contributed by atoms with Gasteiger partial charge in [0.2, 0.25) is 10.0 Å². The van der Waals surface area contributed by atoms with E-state index in [1.807, 2.05) is 6.92 Å². The second kappa shape index (κ2) is 6.33. The predicted molar refractivity (Wildman–Crippen MR) is 80.4 cm³/mol. The molecule has 10 heteroatoms. The lowest BCUT2D eigenvalue weighted by Crippen LogP contribution is -2.44. The van der Waals surface area contributed by atoms with Gasteiger partial charge in [0.25, 0.3) is 0 Å². The molecule has 0 saturated carbocycles. The van der Waals surface area contributed by atoms with Gasteiger partial charge in [-0.25, -0.2) is 13.1 Å². The lowest BCUT2D eigenvalue weighted by molar-refractivity contribution is 0.315. The van der Waals surface area contributed by atoms with Crippen LogP contribution in [0.25, 0.3) is 0 Å². The van der Waals surface area contributed by atoms with Crippen LogP contribution in [0.1, 0.15) is 19.8 Å². The van der Waals surface area contributed by atoms with Crippen LogP contribution < -0.4 is 10.5 Å². The van der Waals surface area contributed by atoms with Crippen molar-refractivity contribution in [2.45, 2.75) is 30.7 Å². The monoisotopic (exact) mass is 329 g/mol. The van der Waals surface area contributed by atoms with Gasteiger partial charge in [0.05, 0.1) is 17.4 Å². The number of amidine groups is 1. The lowest BCUT2D eigenvalue weighted by atomic mass is 10.2. The number of nitrogens with two attached hydrogens (primary N) is 1. The van der Waals surface area contributed by atoms with Crippen molar-refractivity contribution < 1.29 is 13.6 Å². The molecule has 1 aliphatic heterocycles. The Bertz CT molecular complexity index is 738. The Kier molecular flexibility index (Phi) is 4.70. The van der Waals surface area contributed by atoms with E-state index in [0.717, 1.165) is 11.4 Å². The minimum atomic E-state index is -3.85. The third kappa shape index (κ3) is 3.28. The standard InChI is InChI=1S/C11H15N5O3S2/c1-2-4-8(11(12)13-17)16-21(18,19)9-6-3-5-7-10(9)15-20-14-7/h3,5-6,8,16-17H,2,4H2,1H3,(H2,12,13). The first-order valence-corrected chi connectivity index (χ1v) is 8.42. The summed E-state index contributed by atoms with van der Waals surface area (Å²) >= 11 is 0.942. The van der Waals surface area contributed by atoms with Gasteiger partial charge < -0.3 is 10.9 Å². The molecule has 1 unspecified atom stereocenters. The molecule has 8 nitrogen and oxygen atoms in total. The van der Waals surface area contributed by atoms with Crippen molar-refractivity contribution in [1.82, 2.24) is 4.72 Å². The fraction of sp³-hybridized carbons (Fsp3) is 0.364. The SMILES string of the molecule is CCCC(NS(=O)(=O)c1cccc2c1N=S=N2)/C(N)=N/O. The van der Waals surface area contributed by atoms with Crippen LogP contribution in [-0.2, 0) is 21.4 Å². The van der Waals surface area contributed by atoms with Gasteiger partial charge in [-0.3, -0.25) is 0 Å². The second-order valence-electron chi connectivity index (χ2n) is 4.38. The van der Waals surface area contributed by atoms with Crippen molar-refractivity contribution in [2.24, 2.45) is 19.6 Å². The van der Waals surface area contributed by atoms with E-state index < -0.39 is 16.1 Å². The van der Waals surface area contributed by atoms with E-state index in [0.29, 0.717) is 24.2 Å². The molecule has 0 amide bonds. The van der Waals surface area contributed by atoms with Crippen LogP contribution in [-0.4, -0.2) is 25.5 Å². The minimum Gasteiger partial charge on any atom is -0.409 e. The fourth-order valence-corrected chi connectivity index (χ4v) is 3.88. The summed E-state index contributed by atoms with van der Waals surface area (Å²) in [4.78, 5) is 0.0283. The maximum absolute atomic E-state index is 12.5. The molecular formula is C11H15N5O3S2. The maximum atomic E-state index is 12.5. The molecule has 0 radical (unpaired) electrons. The molecule has 1 aliphatic rings. The highest BCUT2D eigenvalue weighted by atomic mass is 32.2. The first-order valence-electron chi connectivity index (χ1n) is 6.20. The van der Waals surface area contributed by atoms with Crippen LogP contribution >= 0.6 is 0 Å². The van der Waals surface area contributed by atoms with Gasteiger partial charge in [-0.05, 0) is 18.6 Å². The fourth-order valence-electron chi connectivity index (χ4n) is 1.87. The summed E-state index contributed by atoms with van der Waals surface area (Å²) in [7, 11) is -3.85. The molecule has 0 fully saturated rings. The highest BCUT2D eigenvalue weighted by molar-refractivity contribution is 7.89. The van der Waals surface area contributed by atoms with Gasteiger partial charge in [-0.1, -0.05) is 24.6 Å². The van der Waals surface area contributed by atoms with Gasteiger partial charge in [-0.2, -0.15) is 8.73 Å². The topological polar surface area (TPSA) is 130 Å². The zero-order valence-corrected chi connectivity index (χ0v) is 12.9. The molecule has 1 heterocycles. The number of oxime groups is 1. The summed E-state index contributed by atoms with van der Waals surface area (Å²) in [5.74, 6) is -0.177. The van der Waals surface area contributed by atoms with E-state index in [4.69, 9.17) is 10.9 Å². The van der Waals surface area contributed by atoms with Gasteiger partial charge in [0.15, 0.2) is 5.84 Å². The number of nitrogens with zero attached hydrogens (tertiary/aromatic N) is 3. The Hall–Kier alpha value is -1.78. The van der Waals surface area contributed by atoms with Crippen molar-refractivity contribution >= 4 is 38.6 Å². The molecule has 4 N–H and O–H groups in total. The van der Waals surface area contributed by atoms with E-state index >= 15 is 0 Å². The molecule has 114 valence electrons. The van der Waals surface area contributed by atoms with Crippen LogP contribution in [0, 0.1) is 0 Å². The molecule has 1 aromatic carbocycles. The number of benzene rings is 1. The molecule has 0 spiro atoms. The van der Waals surface area contributed by atoms with Crippen molar-refractivity contribution in [2.75, 3.05) is 0 Å². The van der Waals surface area contributed by atoms with Gasteiger partial charge in [0, 0.05) is 0 Å². The number of sulfonamides is 1. The smallest absolute Gasteiger partial charge is 0.243 e. The van der Waals surface area contributed by atoms with Crippen LogP contribution in [0.3, 0.4) is 0 Å². The number of rotatable bonds is 6. The number of hydrogen-bond acceptors (Lipinski definition) is 6. The molecule has 0 aliphatic carbocycles. The quantitative estimate of drug-likeness (QED) is 0.321. The zero-order valence-electron chi connectivity index (χ0n) is 11.2. The summed E-state index contributed by atoms with van der Waals surface area (Å²) in [6, 6.07) is 3.95. The summed E-state index contributed by atoms with van der Waals surface area (Å²) in [6.07, 6.45) is 1.09. The number of fused-ring (bicyclic) bond motifs is 1. The summed E-state index contributed by atoms with van der Waals surface area (Å²) < 4.78 is 35.4. The van der Waals surface area contributed by atoms with Crippen molar-refractivity contribution in [3.05, 3.63) is 18.2 Å². The Labute approximate surface area is 126 Å². The molecular weight excluding hydrogens is 314 g/mol. The Balaban J connectivity index is 2.35. The average Bonchev–Trinajstić information content (AvgIpc) is 2.93. The van der Waals surface area contributed by atoms with Crippen LogP contribution in [0.15, 0.2) is 37.0 Å². The first-order chi connectivity index (χ1) is 9.99. The maximum Gasteiger partial charge on any atom is 0.243 e. The second-order valence-corrected chi connectivity index (χ2v) is 6.59. The summed E-state index contributed by atoms with van der Waals surface area (Å²) in [5.41, 5.74) is 6.35. The largest absolute Gasteiger partial charge is 0.409 e. The Morgan fingerprint density at radius 1 is 1.52 bits per heavy atom. The zero-order chi connectivity index (χ0) is 15.5. The Morgan fingerprint density at radius 3 is 2.95 bits per heavy atom. The predicted octanol–water partition coefficient (Wildman–Crippen LogP) is 1.61. The molecule has 0 saturated heterocycles. The average molecular weight is 329 g/mol. The first kappa shape index (κ1) is 15.6. The number of nitrogens with one attached hydrogen (secondary N) is 1. The third-order valence-electron chi connectivity index (χ3n) is 2.89. The van der Waals surface area contributed by atoms with Crippen molar-refractivity contribution in [3.63, 3.8) is 0 Å². The van der Waals surface area contributed by atoms with E-state index in [-0.39, 0.29) is 10.7 Å². The van der Waals surface area contributed by atoms with E-state index in [1.54, 1.807) is 12.1 Å². The highest BCUT2D eigenvalue weighted by Gasteiger charge is 2.26. The van der Waals surface area contributed by atoms with Crippen LogP contribution in [0.2, 0.25) is 0 Å². The molecule has 2 rings (SSSR count). The minimum absolute atomic E-state index is 0.0283. The number of hydrogen-bond donors (Lipinski definition) is 3. The van der Waals surface area contributed by atoms with Gasteiger partial charge in [0.1, 0.15) is 16.3 Å². The summed E-state index contributed by atoms with van der Waals surface area (Å²) in [5, 5.41) is 11.6. The van der Waals surface area contributed by atoms with Crippen LogP contribution in [0.4, 0.5) is 11.4 Å². The van der Waals surface area contributed by atoms with Crippen molar-refractivity contribution in [1.29, 1.82) is 0 Å². The third-order valence-corrected chi connectivity index (χ3v) is 4.93. The molecule has 1 aromatic rings. The van der Waals surface area contributed by atoms with E-state index in [1.165, 1.54) is 6.07 Å². The molecule has 0 bridgehead atoms. The normalized spacial score (nSPS) is 15.6.